The molecular weight excluding hydrogens is 395 g/mol. The maximum absolute atomic E-state index is 14.0. The molecule has 0 saturated carbocycles. The van der Waals surface area contributed by atoms with E-state index in [0.717, 1.165) is 26.1 Å². The number of hydrogen-bond acceptors (Lipinski definition) is 5. The molecule has 156 valence electrons. The van der Waals surface area contributed by atoms with Crippen LogP contribution in [-0.2, 0) is 4.74 Å². The third kappa shape index (κ3) is 4.56. The molecule has 6 nitrogen and oxygen atoms in total. The Hall–Kier alpha value is -2.12. The first-order chi connectivity index (χ1) is 14.1. The van der Waals surface area contributed by atoms with Crippen molar-refractivity contribution in [3.63, 3.8) is 0 Å². The molecule has 2 saturated heterocycles. The summed E-state index contributed by atoms with van der Waals surface area (Å²) in [6.45, 7) is 3.60. The van der Waals surface area contributed by atoms with Crippen LogP contribution in [0.3, 0.4) is 0 Å². The highest BCUT2D eigenvalue weighted by molar-refractivity contribution is 6.32. The van der Waals surface area contributed by atoms with Crippen molar-refractivity contribution in [1.82, 2.24) is 9.78 Å². The van der Waals surface area contributed by atoms with Crippen molar-refractivity contribution in [2.24, 2.45) is 5.92 Å². The molecule has 2 aromatic rings. The van der Waals surface area contributed by atoms with Crippen LogP contribution >= 0.6 is 11.6 Å². The first kappa shape index (κ1) is 20.2. The fourth-order valence-electron chi connectivity index (χ4n) is 4.11. The van der Waals surface area contributed by atoms with Gasteiger partial charge in [-0.2, -0.15) is 5.10 Å². The van der Waals surface area contributed by atoms with E-state index in [1.807, 2.05) is 11.0 Å². The van der Waals surface area contributed by atoms with E-state index in [4.69, 9.17) is 16.3 Å². The summed E-state index contributed by atoms with van der Waals surface area (Å²) < 4.78 is 21.0. The topological polar surface area (TPSA) is 59.4 Å². The van der Waals surface area contributed by atoms with Gasteiger partial charge in [0, 0.05) is 26.2 Å². The average molecular weight is 421 g/mol. The van der Waals surface area contributed by atoms with E-state index in [2.05, 4.69) is 10.4 Å². The van der Waals surface area contributed by atoms with Crippen molar-refractivity contribution in [1.29, 1.82) is 0 Å². The number of benzene rings is 1. The Labute approximate surface area is 174 Å². The van der Waals surface area contributed by atoms with Gasteiger partial charge in [0.2, 0.25) is 0 Å². The minimum atomic E-state index is -0.277. The van der Waals surface area contributed by atoms with Gasteiger partial charge in [0.05, 0.1) is 30.2 Å². The van der Waals surface area contributed by atoms with Crippen LogP contribution in [0.2, 0.25) is 5.02 Å². The Morgan fingerprint density at radius 3 is 2.76 bits per heavy atom. The number of hydrogen-bond donors (Lipinski definition) is 1. The summed E-state index contributed by atoms with van der Waals surface area (Å²) in [6, 6.07) is 6.74. The van der Waals surface area contributed by atoms with Gasteiger partial charge in [-0.05, 0) is 43.7 Å². The van der Waals surface area contributed by atoms with Crippen molar-refractivity contribution in [2.75, 3.05) is 43.1 Å². The summed E-state index contributed by atoms with van der Waals surface area (Å²) in [5.74, 6) is 0.202. The fourth-order valence-corrected chi connectivity index (χ4v) is 4.31. The fraction of sp³-hybridized carbons (Fsp3) is 0.524. The molecule has 0 amide bonds. The van der Waals surface area contributed by atoms with Crippen LogP contribution in [0.4, 0.5) is 15.8 Å². The average Bonchev–Trinajstić information content (AvgIpc) is 2.76. The standard InChI is InChI=1S/C21H26ClFN4O2/c22-20-18(24-12-15-4-3-11-29-14-15)13-25-27(21(20)28)16-7-9-26(10-8-16)19-6-2-1-5-17(19)23/h1-2,5-6,13,15-16,24H,3-4,7-12,14H2/t15-/m0/s1. The SMILES string of the molecule is O=c1c(Cl)c(NC[C@@H]2CCCOC2)cnn1C1CCN(c2ccccc2F)CC1. The first-order valence-corrected chi connectivity index (χ1v) is 10.6. The number of nitrogens with one attached hydrogen (secondary N) is 1. The smallest absolute Gasteiger partial charge is 0.287 e. The molecule has 8 heteroatoms. The maximum Gasteiger partial charge on any atom is 0.287 e. The van der Waals surface area contributed by atoms with Gasteiger partial charge in [0.1, 0.15) is 10.8 Å². The number of halogens is 2. The van der Waals surface area contributed by atoms with Gasteiger partial charge in [-0.25, -0.2) is 9.07 Å². The molecule has 3 heterocycles. The van der Waals surface area contributed by atoms with Gasteiger partial charge >= 0.3 is 0 Å². The Balaban J connectivity index is 1.40. The van der Waals surface area contributed by atoms with Gasteiger partial charge < -0.3 is 15.0 Å². The van der Waals surface area contributed by atoms with E-state index in [0.29, 0.717) is 49.8 Å². The van der Waals surface area contributed by atoms with E-state index in [-0.39, 0.29) is 22.4 Å². The molecule has 2 fully saturated rings. The Bertz CT molecular complexity index is 892. The van der Waals surface area contributed by atoms with Gasteiger partial charge in [0.25, 0.3) is 5.56 Å². The third-order valence-corrected chi connectivity index (χ3v) is 6.15. The molecule has 2 aliphatic rings. The second-order valence-corrected chi connectivity index (χ2v) is 8.13. The molecule has 1 N–H and O–H groups in total. The normalized spacial score (nSPS) is 20.6. The molecule has 1 aromatic heterocycles. The predicted octanol–water partition coefficient (Wildman–Crippen LogP) is 3.72. The molecule has 0 bridgehead atoms. The molecule has 4 rings (SSSR count). The molecule has 1 atom stereocenters. The number of piperidine rings is 1. The third-order valence-electron chi connectivity index (χ3n) is 5.78. The van der Waals surface area contributed by atoms with E-state index in [9.17, 15) is 9.18 Å². The second kappa shape index (κ2) is 9.13. The molecule has 0 spiro atoms. The maximum atomic E-state index is 14.0. The Kier molecular flexibility index (Phi) is 6.35. The lowest BCUT2D eigenvalue weighted by molar-refractivity contribution is 0.0595. The van der Waals surface area contributed by atoms with Crippen molar-refractivity contribution in [2.45, 2.75) is 31.7 Å². The van der Waals surface area contributed by atoms with Gasteiger partial charge in [-0.15, -0.1) is 0 Å². The molecular formula is C21H26ClFN4O2. The molecule has 0 unspecified atom stereocenters. The number of anilines is 2. The monoisotopic (exact) mass is 420 g/mol. The number of rotatable bonds is 5. The zero-order chi connectivity index (χ0) is 20.2. The lowest BCUT2D eigenvalue weighted by Gasteiger charge is -2.34. The number of ether oxygens (including phenoxy) is 1. The second-order valence-electron chi connectivity index (χ2n) is 7.76. The highest BCUT2D eigenvalue weighted by atomic mass is 35.5. The first-order valence-electron chi connectivity index (χ1n) is 10.2. The lowest BCUT2D eigenvalue weighted by Crippen LogP contribution is -2.39. The van der Waals surface area contributed by atoms with Gasteiger partial charge in [-0.1, -0.05) is 23.7 Å². The van der Waals surface area contributed by atoms with Crippen LogP contribution in [0.1, 0.15) is 31.7 Å². The van der Waals surface area contributed by atoms with Crippen LogP contribution < -0.4 is 15.8 Å². The zero-order valence-corrected chi connectivity index (χ0v) is 17.1. The zero-order valence-electron chi connectivity index (χ0n) is 16.3. The van der Waals surface area contributed by atoms with Crippen molar-refractivity contribution < 1.29 is 9.13 Å². The van der Waals surface area contributed by atoms with Crippen molar-refractivity contribution in [3.05, 3.63) is 51.7 Å². The van der Waals surface area contributed by atoms with E-state index < -0.39 is 0 Å². The van der Waals surface area contributed by atoms with Crippen molar-refractivity contribution >= 4 is 23.0 Å². The quantitative estimate of drug-likeness (QED) is 0.798. The number of nitrogens with zero attached hydrogens (tertiary/aromatic N) is 3. The van der Waals surface area contributed by atoms with Crippen molar-refractivity contribution in [3.8, 4) is 0 Å². The van der Waals surface area contributed by atoms with Gasteiger partial charge in [-0.3, -0.25) is 4.79 Å². The van der Waals surface area contributed by atoms with E-state index in [1.165, 1.54) is 10.7 Å². The summed E-state index contributed by atoms with van der Waals surface area (Å²) in [4.78, 5) is 14.8. The number of para-hydroxylation sites is 1. The summed E-state index contributed by atoms with van der Waals surface area (Å²) >= 11 is 6.35. The highest BCUT2D eigenvalue weighted by Crippen LogP contribution is 2.28. The molecule has 2 aliphatic heterocycles. The molecule has 0 radical (unpaired) electrons. The minimum absolute atomic E-state index is 0.0381. The van der Waals surface area contributed by atoms with Crippen LogP contribution in [0, 0.1) is 11.7 Å². The van der Waals surface area contributed by atoms with Gasteiger partial charge in [0.15, 0.2) is 0 Å². The van der Waals surface area contributed by atoms with E-state index in [1.54, 1.807) is 18.3 Å². The number of aromatic nitrogens is 2. The van der Waals surface area contributed by atoms with Crippen LogP contribution in [0.25, 0.3) is 0 Å². The minimum Gasteiger partial charge on any atom is -0.382 e. The Morgan fingerprint density at radius 1 is 1.24 bits per heavy atom. The summed E-state index contributed by atoms with van der Waals surface area (Å²) in [6.07, 6.45) is 5.23. The molecule has 1 aromatic carbocycles. The van der Waals surface area contributed by atoms with Crippen LogP contribution in [-0.4, -0.2) is 42.6 Å². The van der Waals surface area contributed by atoms with E-state index >= 15 is 0 Å². The molecule has 0 aliphatic carbocycles. The Morgan fingerprint density at radius 2 is 2.03 bits per heavy atom. The summed E-state index contributed by atoms with van der Waals surface area (Å²) in [7, 11) is 0. The predicted molar refractivity (Wildman–Crippen MR) is 112 cm³/mol. The highest BCUT2D eigenvalue weighted by Gasteiger charge is 2.25. The summed E-state index contributed by atoms with van der Waals surface area (Å²) in [5.41, 5.74) is 0.902. The van der Waals surface area contributed by atoms with Crippen LogP contribution in [0.5, 0.6) is 0 Å². The molecule has 29 heavy (non-hydrogen) atoms. The lowest BCUT2D eigenvalue weighted by atomic mass is 10.0. The summed E-state index contributed by atoms with van der Waals surface area (Å²) in [5, 5.41) is 7.80. The largest absolute Gasteiger partial charge is 0.382 e. The van der Waals surface area contributed by atoms with Crippen LogP contribution in [0.15, 0.2) is 35.3 Å².